The van der Waals surface area contributed by atoms with Crippen LogP contribution in [0.15, 0.2) is 52.3 Å². The van der Waals surface area contributed by atoms with Gasteiger partial charge in [-0.25, -0.2) is 8.42 Å². The Hall–Kier alpha value is -1.98. The van der Waals surface area contributed by atoms with Crippen molar-refractivity contribution in [2.45, 2.75) is 23.3 Å². The Labute approximate surface area is 152 Å². The number of anilines is 1. The zero-order valence-electron chi connectivity index (χ0n) is 14.0. The second-order valence-corrected chi connectivity index (χ2v) is 8.69. The van der Waals surface area contributed by atoms with Gasteiger partial charge >= 0.3 is 0 Å². The third-order valence-electron chi connectivity index (χ3n) is 3.53. The molecular formula is C16H20N2O6S2. The molecule has 0 aliphatic rings. The van der Waals surface area contributed by atoms with Crippen LogP contribution in [0.1, 0.15) is 11.1 Å². The molecule has 10 heteroatoms. The first-order valence-electron chi connectivity index (χ1n) is 7.65. The van der Waals surface area contributed by atoms with Gasteiger partial charge in [0.2, 0.25) is 0 Å². The zero-order valence-corrected chi connectivity index (χ0v) is 15.6. The van der Waals surface area contributed by atoms with Gasteiger partial charge in [0.05, 0.1) is 17.2 Å². The maximum atomic E-state index is 12.4. The summed E-state index contributed by atoms with van der Waals surface area (Å²) >= 11 is 0. The lowest BCUT2D eigenvalue weighted by atomic mass is 10.2. The van der Waals surface area contributed by atoms with Crippen LogP contribution in [0.3, 0.4) is 0 Å². The molecule has 0 aliphatic heterocycles. The Morgan fingerprint density at radius 1 is 1.00 bits per heavy atom. The van der Waals surface area contributed by atoms with E-state index in [-0.39, 0.29) is 35.8 Å². The number of benzene rings is 2. The maximum absolute atomic E-state index is 12.4. The van der Waals surface area contributed by atoms with Crippen LogP contribution in [0.5, 0.6) is 0 Å². The molecule has 2 aromatic carbocycles. The Balaban J connectivity index is 2.34. The minimum Gasteiger partial charge on any atom is -0.395 e. The van der Waals surface area contributed by atoms with Crippen molar-refractivity contribution < 1.29 is 26.5 Å². The highest BCUT2D eigenvalue weighted by molar-refractivity contribution is 7.92. The van der Waals surface area contributed by atoms with Crippen LogP contribution < -0.4 is 10.0 Å². The summed E-state index contributed by atoms with van der Waals surface area (Å²) in [5, 5.41) is 11.6. The fraction of sp³-hybridized carbons (Fsp3) is 0.250. The van der Waals surface area contributed by atoms with Gasteiger partial charge in [0.25, 0.3) is 20.1 Å². The molecule has 26 heavy (non-hydrogen) atoms. The Morgan fingerprint density at radius 2 is 1.65 bits per heavy atom. The van der Waals surface area contributed by atoms with Crippen molar-refractivity contribution in [1.29, 1.82) is 0 Å². The lowest BCUT2D eigenvalue weighted by Crippen LogP contribution is -2.19. The number of aliphatic hydroxyl groups excluding tert-OH is 1. The van der Waals surface area contributed by atoms with Crippen LogP contribution in [0, 0.1) is 6.92 Å². The molecule has 0 spiro atoms. The quantitative estimate of drug-likeness (QED) is 0.385. The lowest BCUT2D eigenvalue weighted by Gasteiger charge is -2.12. The number of rotatable bonds is 8. The predicted octanol–water partition coefficient (Wildman–Crippen LogP) is 1.12. The zero-order chi connectivity index (χ0) is 19.4. The van der Waals surface area contributed by atoms with Gasteiger partial charge in [-0.15, -0.1) is 0 Å². The second-order valence-electron chi connectivity index (χ2n) is 5.62. The summed E-state index contributed by atoms with van der Waals surface area (Å²) in [6.07, 6.45) is 0. The van der Waals surface area contributed by atoms with Crippen molar-refractivity contribution >= 4 is 25.8 Å². The van der Waals surface area contributed by atoms with Gasteiger partial charge < -0.3 is 10.4 Å². The summed E-state index contributed by atoms with van der Waals surface area (Å²) in [6, 6.07) is 10.0. The maximum Gasteiger partial charge on any atom is 0.294 e. The van der Waals surface area contributed by atoms with Crippen LogP contribution in [-0.2, 0) is 26.7 Å². The number of nitrogens with one attached hydrogen (secondary N) is 2. The van der Waals surface area contributed by atoms with Crippen LogP contribution >= 0.6 is 0 Å². The van der Waals surface area contributed by atoms with Gasteiger partial charge in [-0.3, -0.25) is 9.27 Å². The first kappa shape index (κ1) is 20.3. The van der Waals surface area contributed by atoms with Gasteiger partial charge in [-0.2, -0.15) is 8.42 Å². The molecule has 0 saturated heterocycles. The van der Waals surface area contributed by atoms with Crippen molar-refractivity contribution in [3.8, 4) is 0 Å². The summed E-state index contributed by atoms with van der Waals surface area (Å²) in [6.45, 7) is 2.02. The van der Waals surface area contributed by atoms with Gasteiger partial charge in [0, 0.05) is 13.1 Å². The van der Waals surface area contributed by atoms with Crippen molar-refractivity contribution in [1.82, 2.24) is 5.32 Å². The first-order valence-corrected chi connectivity index (χ1v) is 10.6. The van der Waals surface area contributed by atoms with Crippen molar-refractivity contribution in [3.05, 3.63) is 53.6 Å². The summed E-state index contributed by atoms with van der Waals surface area (Å²) in [7, 11) is -8.46. The van der Waals surface area contributed by atoms with E-state index >= 15 is 0 Å². The largest absolute Gasteiger partial charge is 0.395 e. The smallest absolute Gasteiger partial charge is 0.294 e. The van der Waals surface area contributed by atoms with E-state index in [1.807, 2.05) is 6.92 Å². The molecule has 2 aromatic rings. The minimum atomic E-state index is -4.56. The van der Waals surface area contributed by atoms with Crippen LogP contribution in [0.2, 0.25) is 0 Å². The molecule has 0 saturated carbocycles. The molecule has 4 N–H and O–H groups in total. The fourth-order valence-corrected chi connectivity index (χ4v) is 4.03. The Kier molecular flexibility index (Phi) is 6.37. The number of hydrogen-bond donors (Lipinski definition) is 4. The molecule has 0 amide bonds. The normalized spacial score (nSPS) is 12.1. The van der Waals surface area contributed by atoms with E-state index in [0.29, 0.717) is 0 Å². The molecular weight excluding hydrogens is 380 g/mol. The summed E-state index contributed by atoms with van der Waals surface area (Å²) < 4.78 is 59.8. The Morgan fingerprint density at radius 3 is 2.23 bits per heavy atom. The van der Waals surface area contributed by atoms with Gasteiger partial charge in [0.1, 0.15) is 4.90 Å². The van der Waals surface area contributed by atoms with Gasteiger partial charge in [0.15, 0.2) is 0 Å². The van der Waals surface area contributed by atoms with E-state index in [4.69, 9.17) is 5.11 Å². The molecule has 0 fully saturated rings. The number of hydrogen-bond acceptors (Lipinski definition) is 6. The minimum absolute atomic E-state index is 0.00380. The van der Waals surface area contributed by atoms with E-state index in [9.17, 15) is 21.4 Å². The third kappa shape index (κ3) is 5.26. The predicted molar refractivity (Wildman–Crippen MR) is 97.0 cm³/mol. The average molecular weight is 400 g/mol. The highest BCUT2D eigenvalue weighted by Gasteiger charge is 2.19. The highest BCUT2D eigenvalue weighted by Crippen LogP contribution is 2.23. The molecule has 0 unspecified atom stereocenters. The molecule has 2 rings (SSSR count). The van der Waals surface area contributed by atoms with E-state index in [1.165, 1.54) is 24.3 Å². The van der Waals surface area contributed by atoms with E-state index in [2.05, 4.69) is 10.0 Å². The monoisotopic (exact) mass is 400 g/mol. The number of sulfonamides is 1. The topological polar surface area (TPSA) is 133 Å². The van der Waals surface area contributed by atoms with Crippen molar-refractivity contribution in [2.75, 3.05) is 17.9 Å². The van der Waals surface area contributed by atoms with Crippen molar-refractivity contribution in [3.63, 3.8) is 0 Å². The summed E-state index contributed by atoms with van der Waals surface area (Å²) in [5.74, 6) is 0. The van der Waals surface area contributed by atoms with Crippen LogP contribution in [-0.4, -0.2) is 39.6 Å². The molecule has 8 nitrogen and oxygen atoms in total. The Bertz CT molecular complexity index is 970. The molecule has 142 valence electrons. The molecule has 0 aromatic heterocycles. The average Bonchev–Trinajstić information content (AvgIpc) is 2.55. The SMILES string of the molecule is Cc1ccc(S(=O)(=O)Nc2ccc(CNCCO)c(S(=O)(=O)O)c2)cc1. The first-order chi connectivity index (χ1) is 12.1. The molecule has 0 radical (unpaired) electrons. The summed E-state index contributed by atoms with van der Waals surface area (Å²) in [5.41, 5.74) is 1.15. The van der Waals surface area contributed by atoms with Crippen LogP contribution in [0.4, 0.5) is 5.69 Å². The van der Waals surface area contributed by atoms with Crippen molar-refractivity contribution in [2.24, 2.45) is 0 Å². The third-order valence-corrected chi connectivity index (χ3v) is 5.87. The molecule has 0 heterocycles. The van der Waals surface area contributed by atoms with Gasteiger partial charge in [-0.05, 0) is 36.8 Å². The second kappa shape index (κ2) is 8.14. The van der Waals surface area contributed by atoms with E-state index in [1.54, 1.807) is 12.1 Å². The lowest BCUT2D eigenvalue weighted by molar-refractivity contribution is 0.292. The molecule has 0 aliphatic carbocycles. The molecule has 0 atom stereocenters. The summed E-state index contributed by atoms with van der Waals surface area (Å²) in [4.78, 5) is -0.378. The highest BCUT2D eigenvalue weighted by atomic mass is 32.2. The van der Waals surface area contributed by atoms with E-state index < -0.39 is 25.0 Å². The van der Waals surface area contributed by atoms with E-state index in [0.717, 1.165) is 11.6 Å². The number of aryl methyl sites for hydroxylation is 1. The fourth-order valence-electron chi connectivity index (χ4n) is 2.24. The number of aliphatic hydroxyl groups is 1. The van der Waals surface area contributed by atoms with Crippen LogP contribution in [0.25, 0.3) is 0 Å². The molecule has 0 bridgehead atoms. The van der Waals surface area contributed by atoms with Gasteiger partial charge in [-0.1, -0.05) is 23.8 Å². The standard InChI is InChI=1S/C16H20N2O6S2/c1-12-2-6-15(7-3-12)25(20,21)18-14-5-4-13(11-17-8-9-19)16(10-14)26(22,23)24/h2-7,10,17-19H,8-9,11H2,1H3,(H,22,23,24).